The van der Waals surface area contributed by atoms with Gasteiger partial charge in [0.25, 0.3) is 0 Å². The van der Waals surface area contributed by atoms with Crippen LogP contribution in [-0.4, -0.2) is 13.7 Å². The molecule has 4 heteroatoms. The quantitative estimate of drug-likeness (QED) is 0.911. The summed E-state index contributed by atoms with van der Waals surface area (Å²) in [5.74, 6) is -0.0462. The van der Waals surface area contributed by atoms with Gasteiger partial charge in [-0.1, -0.05) is 35.9 Å². The molecule has 2 N–H and O–H groups in total. The third-order valence-electron chi connectivity index (χ3n) is 3.33. The molecule has 0 fully saturated rings. The topological polar surface area (TPSA) is 35.2 Å². The Bertz CT molecular complexity index is 588. The van der Waals surface area contributed by atoms with Crippen molar-refractivity contribution in [1.82, 2.24) is 0 Å². The minimum absolute atomic E-state index is 0.0234. The fraction of sp³-hybridized carbons (Fsp3) is 0.250. The zero-order valence-electron chi connectivity index (χ0n) is 11.3. The van der Waals surface area contributed by atoms with Gasteiger partial charge in [-0.3, -0.25) is 0 Å². The van der Waals surface area contributed by atoms with Crippen LogP contribution in [0.25, 0.3) is 0 Å². The zero-order chi connectivity index (χ0) is 14.5. The Kier molecular flexibility index (Phi) is 4.99. The normalized spacial score (nSPS) is 12.2. The summed E-state index contributed by atoms with van der Waals surface area (Å²) in [6.45, 7) is 0.428. The van der Waals surface area contributed by atoms with Crippen molar-refractivity contribution in [3.63, 3.8) is 0 Å². The number of methoxy groups -OCH3 is 1. The first kappa shape index (κ1) is 14.8. The molecule has 1 unspecified atom stereocenters. The molecule has 1 atom stereocenters. The van der Waals surface area contributed by atoms with E-state index in [1.165, 1.54) is 7.11 Å². The Balaban J connectivity index is 2.27. The van der Waals surface area contributed by atoms with Crippen molar-refractivity contribution < 1.29 is 9.13 Å². The van der Waals surface area contributed by atoms with Crippen LogP contribution in [0.4, 0.5) is 4.39 Å². The molecule has 0 saturated heterocycles. The molecule has 0 amide bonds. The lowest BCUT2D eigenvalue weighted by molar-refractivity contribution is 0.383. The highest BCUT2D eigenvalue weighted by molar-refractivity contribution is 6.30. The van der Waals surface area contributed by atoms with Crippen LogP contribution in [0.5, 0.6) is 5.75 Å². The van der Waals surface area contributed by atoms with Crippen LogP contribution < -0.4 is 10.5 Å². The summed E-state index contributed by atoms with van der Waals surface area (Å²) in [7, 11) is 1.46. The average Bonchev–Trinajstić information content (AvgIpc) is 2.46. The predicted octanol–water partition coefficient (Wildman–Crippen LogP) is 3.77. The molecule has 0 heterocycles. The van der Waals surface area contributed by atoms with Crippen LogP contribution in [0.1, 0.15) is 17.0 Å². The SMILES string of the molecule is COc1cccc(CC(CN)c2cccc(Cl)c2)c1F. The molecule has 106 valence electrons. The number of hydrogen-bond donors (Lipinski definition) is 1. The number of nitrogens with two attached hydrogens (primary N) is 1. The van der Waals surface area contributed by atoms with Crippen LogP contribution >= 0.6 is 11.6 Å². The van der Waals surface area contributed by atoms with Crippen molar-refractivity contribution in [2.75, 3.05) is 13.7 Å². The standard InChI is InChI=1S/C16H17ClFNO/c1-20-15-7-3-5-12(16(15)18)8-13(10-19)11-4-2-6-14(17)9-11/h2-7,9,13H,8,10,19H2,1H3. The molecule has 0 radical (unpaired) electrons. The van der Waals surface area contributed by atoms with Gasteiger partial charge < -0.3 is 10.5 Å². The van der Waals surface area contributed by atoms with E-state index >= 15 is 0 Å². The molecule has 0 aromatic heterocycles. The van der Waals surface area contributed by atoms with Gasteiger partial charge in [-0.05, 0) is 42.3 Å². The third kappa shape index (κ3) is 3.30. The Morgan fingerprint density at radius 3 is 2.65 bits per heavy atom. The Morgan fingerprint density at radius 2 is 2.00 bits per heavy atom. The maximum atomic E-state index is 14.2. The van der Waals surface area contributed by atoms with Crippen molar-refractivity contribution in [3.8, 4) is 5.75 Å². The highest BCUT2D eigenvalue weighted by Gasteiger charge is 2.15. The van der Waals surface area contributed by atoms with Gasteiger partial charge in [0.05, 0.1) is 7.11 Å². The second-order valence-corrected chi connectivity index (χ2v) is 5.06. The van der Waals surface area contributed by atoms with Gasteiger partial charge >= 0.3 is 0 Å². The largest absolute Gasteiger partial charge is 0.494 e. The predicted molar refractivity (Wildman–Crippen MR) is 79.9 cm³/mol. The van der Waals surface area contributed by atoms with E-state index in [4.69, 9.17) is 22.1 Å². The van der Waals surface area contributed by atoms with Gasteiger partial charge in [0.1, 0.15) is 0 Å². The Morgan fingerprint density at radius 1 is 1.25 bits per heavy atom. The average molecular weight is 294 g/mol. The molecule has 0 aliphatic heterocycles. The van der Waals surface area contributed by atoms with E-state index in [-0.39, 0.29) is 17.5 Å². The van der Waals surface area contributed by atoms with Crippen LogP contribution in [0.15, 0.2) is 42.5 Å². The second-order valence-electron chi connectivity index (χ2n) is 4.63. The van der Waals surface area contributed by atoms with E-state index in [0.29, 0.717) is 23.6 Å². The zero-order valence-corrected chi connectivity index (χ0v) is 12.0. The first-order valence-corrected chi connectivity index (χ1v) is 6.80. The summed E-state index contributed by atoms with van der Waals surface area (Å²) >= 11 is 5.99. The van der Waals surface area contributed by atoms with E-state index in [1.807, 2.05) is 24.3 Å². The van der Waals surface area contributed by atoms with Crippen molar-refractivity contribution in [2.45, 2.75) is 12.3 Å². The monoisotopic (exact) mass is 293 g/mol. The molecule has 0 spiro atoms. The summed E-state index contributed by atoms with van der Waals surface area (Å²) < 4.78 is 19.2. The van der Waals surface area contributed by atoms with E-state index < -0.39 is 0 Å². The molecule has 0 bridgehead atoms. The summed E-state index contributed by atoms with van der Waals surface area (Å²) in [5.41, 5.74) is 7.44. The highest BCUT2D eigenvalue weighted by atomic mass is 35.5. The Labute approximate surface area is 123 Å². The van der Waals surface area contributed by atoms with Gasteiger partial charge in [0.2, 0.25) is 0 Å². The van der Waals surface area contributed by atoms with Crippen LogP contribution in [0, 0.1) is 5.82 Å². The first-order valence-electron chi connectivity index (χ1n) is 6.42. The second kappa shape index (κ2) is 6.73. The molecule has 0 saturated carbocycles. The van der Waals surface area contributed by atoms with Gasteiger partial charge in [-0.25, -0.2) is 4.39 Å². The highest BCUT2D eigenvalue weighted by Crippen LogP contribution is 2.27. The molecule has 2 nitrogen and oxygen atoms in total. The minimum atomic E-state index is -0.324. The van der Waals surface area contributed by atoms with Crippen LogP contribution in [0.3, 0.4) is 0 Å². The van der Waals surface area contributed by atoms with Crippen molar-refractivity contribution in [3.05, 3.63) is 64.4 Å². The fourth-order valence-electron chi connectivity index (χ4n) is 2.23. The smallest absolute Gasteiger partial charge is 0.168 e. The van der Waals surface area contributed by atoms with Gasteiger partial charge in [0.15, 0.2) is 11.6 Å². The van der Waals surface area contributed by atoms with E-state index in [2.05, 4.69) is 0 Å². The summed E-state index contributed by atoms with van der Waals surface area (Å²) in [5, 5.41) is 0.659. The number of halogens is 2. The molecule has 2 aromatic rings. The number of benzene rings is 2. The van der Waals surface area contributed by atoms with Crippen LogP contribution in [0.2, 0.25) is 5.02 Å². The molecular weight excluding hydrogens is 277 g/mol. The van der Waals surface area contributed by atoms with E-state index in [1.54, 1.807) is 18.2 Å². The number of rotatable bonds is 5. The van der Waals surface area contributed by atoms with Gasteiger partial charge in [0, 0.05) is 10.9 Å². The van der Waals surface area contributed by atoms with Gasteiger partial charge in [-0.2, -0.15) is 0 Å². The third-order valence-corrected chi connectivity index (χ3v) is 3.57. The van der Waals surface area contributed by atoms with Crippen molar-refractivity contribution >= 4 is 11.6 Å². The molecule has 2 rings (SSSR count). The Hall–Kier alpha value is -1.58. The molecule has 0 aliphatic rings. The minimum Gasteiger partial charge on any atom is -0.494 e. The maximum Gasteiger partial charge on any atom is 0.168 e. The lowest BCUT2D eigenvalue weighted by Gasteiger charge is -2.17. The van der Waals surface area contributed by atoms with E-state index in [9.17, 15) is 4.39 Å². The number of hydrogen-bond acceptors (Lipinski definition) is 2. The summed E-state index contributed by atoms with van der Waals surface area (Å²) in [6, 6.07) is 12.7. The van der Waals surface area contributed by atoms with Crippen LogP contribution in [-0.2, 0) is 6.42 Å². The maximum absolute atomic E-state index is 14.2. The van der Waals surface area contributed by atoms with Crippen molar-refractivity contribution in [1.29, 1.82) is 0 Å². The lowest BCUT2D eigenvalue weighted by Crippen LogP contribution is -2.15. The van der Waals surface area contributed by atoms with E-state index in [0.717, 1.165) is 5.56 Å². The molecule has 2 aromatic carbocycles. The molecule has 0 aliphatic carbocycles. The summed E-state index contributed by atoms with van der Waals surface area (Å²) in [4.78, 5) is 0. The van der Waals surface area contributed by atoms with Gasteiger partial charge in [-0.15, -0.1) is 0 Å². The fourth-order valence-corrected chi connectivity index (χ4v) is 2.43. The first-order chi connectivity index (χ1) is 9.65. The van der Waals surface area contributed by atoms with Crippen molar-refractivity contribution in [2.24, 2.45) is 5.73 Å². The number of ether oxygens (including phenoxy) is 1. The molecule has 20 heavy (non-hydrogen) atoms. The lowest BCUT2D eigenvalue weighted by atomic mass is 9.92. The molecular formula is C16H17ClFNO. The summed E-state index contributed by atoms with van der Waals surface area (Å²) in [6.07, 6.45) is 0.514.